The third-order valence-electron chi connectivity index (χ3n) is 4.43. The molecular formula is C19H19FN4O3S. The quantitative estimate of drug-likeness (QED) is 0.821. The topological polar surface area (TPSA) is 93.5 Å². The molecule has 0 atom stereocenters. The number of amides is 1. The number of nitrogens with zero attached hydrogens (tertiary/aromatic N) is 3. The third kappa shape index (κ3) is 4.72. The van der Waals surface area contributed by atoms with Gasteiger partial charge in [0.2, 0.25) is 15.9 Å². The van der Waals surface area contributed by atoms with Crippen LogP contribution in [-0.2, 0) is 14.8 Å². The van der Waals surface area contributed by atoms with Crippen molar-refractivity contribution in [3.8, 4) is 6.07 Å². The molecule has 1 saturated heterocycles. The van der Waals surface area contributed by atoms with Crippen molar-refractivity contribution in [2.24, 2.45) is 0 Å². The highest BCUT2D eigenvalue weighted by molar-refractivity contribution is 7.89. The zero-order chi connectivity index (χ0) is 20.1. The van der Waals surface area contributed by atoms with E-state index < -0.39 is 15.8 Å². The summed E-state index contributed by atoms with van der Waals surface area (Å²) in [5.74, 6) is -0.722. The van der Waals surface area contributed by atoms with Crippen molar-refractivity contribution in [2.75, 3.05) is 38.0 Å². The number of rotatable bonds is 5. The zero-order valence-corrected chi connectivity index (χ0v) is 15.8. The second kappa shape index (κ2) is 8.48. The van der Waals surface area contributed by atoms with Crippen LogP contribution in [0.4, 0.5) is 10.1 Å². The average Bonchev–Trinajstić information content (AvgIpc) is 2.69. The first-order chi connectivity index (χ1) is 13.4. The summed E-state index contributed by atoms with van der Waals surface area (Å²) in [5, 5.41) is 11.6. The van der Waals surface area contributed by atoms with E-state index >= 15 is 0 Å². The van der Waals surface area contributed by atoms with E-state index in [4.69, 9.17) is 5.26 Å². The van der Waals surface area contributed by atoms with Crippen LogP contribution in [0.15, 0.2) is 53.4 Å². The van der Waals surface area contributed by atoms with Gasteiger partial charge < -0.3 is 5.32 Å². The van der Waals surface area contributed by atoms with Gasteiger partial charge in [-0.15, -0.1) is 0 Å². The molecule has 1 fully saturated rings. The Hall–Kier alpha value is -2.80. The van der Waals surface area contributed by atoms with Gasteiger partial charge in [-0.3, -0.25) is 9.69 Å². The van der Waals surface area contributed by atoms with Gasteiger partial charge in [0.25, 0.3) is 0 Å². The van der Waals surface area contributed by atoms with E-state index in [1.807, 2.05) is 11.0 Å². The van der Waals surface area contributed by atoms with Gasteiger partial charge in [0, 0.05) is 31.9 Å². The van der Waals surface area contributed by atoms with Crippen molar-refractivity contribution in [1.82, 2.24) is 9.21 Å². The molecule has 1 aliphatic heterocycles. The number of carbonyl (C=O) groups excluding carboxylic acids is 1. The summed E-state index contributed by atoms with van der Waals surface area (Å²) in [5.41, 5.74) is 0.999. The Morgan fingerprint density at radius 2 is 1.79 bits per heavy atom. The van der Waals surface area contributed by atoms with Crippen LogP contribution in [-0.4, -0.2) is 56.3 Å². The van der Waals surface area contributed by atoms with Gasteiger partial charge in [0.1, 0.15) is 5.82 Å². The number of piperazine rings is 1. The molecule has 2 aromatic rings. The SMILES string of the molecule is N#Cc1cccc(NC(=O)CN2CCN(S(=O)(=O)c3ccc(F)cc3)CC2)c1. The lowest BCUT2D eigenvalue weighted by atomic mass is 10.2. The molecular weight excluding hydrogens is 383 g/mol. The second-order valence-electron chi connectivity index (χ2n) is 6.37. The van der Waals surface area contributed by atoms with Crippen molar-refractivity contribution in [3.63, 3.8) is 0 Å². The maximum atomic E-state index is 13.0. The molecule has 1 amide bonds. The number of hydrogen-bond donors (Lipinski definition) is 1. The molecule has 9 heteroatoms. The largest absolute Gasteiger partial charge is 0.325 e. The normalized spacial score (nSPS) is 15.7. The van der Waals surface area contributed by atoms with Gasteiger partial charge in [-0.25, -0.2) is 12.8 Å². The molecule has 1 heterocycles. The molecule has 146 valence electrons. The standard InChI is InChI=1S/C19H19FN4O3S/c20-16-4-6-18(7-5-16)28(26,27)24-10-8-23(9-11-24)14-19(25)22-17-3-1-2-15(12-17)13-21/h1-7,12H,8-11,14H2,(H,22,25). The van der Waals surface area contributed by atoms with Crippen LogP contribution in [0.5, 0.6) is 0 Å². The van der Waals surface area contributed by atoms with Crippen molar-refractivity contribution in [1.29, 1.82) is 5.26 Å². The Bertz CT molecular complexity index is 995. The maximum absolute atomic E-state index is 13.0. The summed E-state index contributed by atoms with van der Waals surface area (Å²) in [7, 11) is -3.68. The average molecular weight is 402 g/mol. The van der Waals surface area contributed by atoms with E-state index in [9.17, 15) is 17.6 Å². The first-order valence-electron chi connectivity index (χ1n) is 8.66. The summed E-state index contributed by atoms with van der Waals surface area (Å²) < 4.78 is 39.6. The van der Waals surface area contributed by atoms with Gasteiger partial charge in [-0.05, 0) is 42.5 Å². The Kier molecular flexibility index (Phi) is 6.04. The Balaban J connectivity index is 1.54. The smallest absolute Gasteiger partial charge is 0.243 e. The Morgan fingerprint density at radius 1 is 1.11 bits per heavy atom. The van der Waals surface area contributed by atoms with Crippen LogP contribution in [0.3, 0.4) is 0 Å². The molecule has 0 unspecified atom stereocenters. The fourth-order valence-corrected chi connectivity index (χ4v) is 4.38. The molecule has 2 aromatic carbocycles. The number of nitriles is 1. The van der Waals surface area contributed by atoms with E-state index in [1.54, 1.807) is 24.3 Å². The minimum Gasteiger partial charge on any atom is -0.325 e. The molecule has 0 saturated carbocycles. The molecule has 7 nitrogen and oxygen atoms in total. The monoisotopic (exact) mass is 402 g/mol. The summed E-state index contributed by atoms with van der Waals surface area (Å²) in [4.78, 5) is 14.1. The van der Waals surface area contributed by atoms with Gasteiger partial charge in [0.15, 0.2) is 0 Å². The summed E-state index contributed by atoms with van der Waals surface area (Å²) in [6.07, 6.45) is 0. The van der Waals surface area contributed by atoms with Crippen molar-refractivity contribution in [2.45, 2.75) is 4.90 Å². The van der Waals surface area contributed by atoms with E-state index in [-0.39, 0.29) is 30.4 Å². The molecule has 0 radical (unpaired) electrons. The van der Waals surface area contributed by atoms with Gasteiger partial charge >= 0.3 is 0 Å². The summed E-state index contributed by atoms with van der Waals surface area (Å²) >= 11 is 0. The molecule has 0 aromatic heterocycles. The van der Waals surface area contributed by atoms with E-state index in [2.05, 4.69) is 5.32 Å². The third-order valence-corrected chi connectivity index (χ3v) is 6.34. The predicted molar refractivity (Wildman–Crippen MR) is 101 cm³/mol. The first kappa shape index (κ1) is 19.9. The molecule has 3 rings (SSSR count). The maximum Gasteiger partial charge on any atom is 0.243 e. The van der Waals surface area contributed by atoms with E-state index in [0.717, 1.165) is 12.1 Å². The second-order valence-corrected chi connectivity index (χ2v) is 8.31. The zero-order valence-electron chi connectivity index (χ0n) is 15.0. The molecule has 0 aliphatic carbocycles. The predicted octanol–water partition coefficient (Wildman–Crippen LogP) is 1.64. The number of benzene rings is 2. The fraction of sp³-hybridized carbons (Fsp3) is 0.263. The minimum atomic E-state index is -3.68. The Labute approximate surface area is 163 Å². The Morgan fingerprint density at radius 3 is 2.43 bits per heavy atom. The number of halogens is 1. The van der Waals surface area contributed by atoms with Gasteiger partial charge in [-0.1, -0.05) is 6.07 Å². The van der Waals surface area contributed by atoms with Gasteiger partial charge in [-0.2, -0.15) is 9.57 Å². The van der Waals surface area contributed by atoms with Crippen LogP contribution in [0.1, 0.15) is 5.56 Å². The number of nitrogens with one attached hydrogen (secondary N) is 1. The fourth-order valence-electron chi connectivity index (χ4n) is 2.95. The van der Waals surface area contributed by atoms with Crippen LogP contribution in [0.2, 0.25) is 0 Å². The van der Waals surface area contributed by atoms with E-state index in [1.165, 1.54) is 16.4 Å². The number of anilines is 1. The van der Waals surface area contributed by atoms with Crippen LogP contribution < -0.4 is 5.32 Å². The molecule has 1 N–H and O–H groups in total. The lowest BCUT2D eigenvalue weighted by Gasteiger charge is -2.33. The highest BCUT2D eigenvalue weighted by Crippen LogP contribution is 2.18. The van der Waals surface area contributed by atoms with Crippen LogP contribution in [0.25, 0.3) is 0 Å². The highest BCUT2D eigenvalue weighted by atomic mass is 32.2. The summed E-state index contributed by atoms with van der Waals surface area (Å²) in [6, 6.07) is 13.4. The van der Waals surface area contributed by atoms with Crippen LogP contribution >= 0.6 is 0 Å². The van der Waals surface area contributed by atoms with E-state index in [0.29, 0.717) is 24.3 Å². The molecule has 0 spiro atoms. The molecule has 1 aliphatic rings. The number of carbonyl (C=O) groups is 1. The first-order valence-corrected chi connectivity index (χ1v) is 10.1. The molecule has 28 heavy (non-hydrogen) atoms. The van der Waals surface area contributed by atoms with Crippen LogP contribution in [0, 0.1) is 17.1 Å². The van der Waals surface area contributed by atoms with Crippen molar-refractivity contribution >= 4 is 21.6 Å². The van der Waals surface area contributed by atoms with Crippen molar-refractivity contribution in [3.05, 3.63) is 59.9 Å². The molecule has 0 bridgehead atoms. The lowest BCUT2D eigenvalue weighted by molar-refractivity contribution is -0.117. The van der Waals surface area contributed by atoms with Crippen molar-refractivity contribution < 1.29 is 17.6 Å². The lowest BCUT2D eigenvalue weighted by Crippen LogP contribution is -2.50. The number of sulfonamides is 1. The number of hydrogen-bond acceptors (Lipinski definition) is 5. The highest BCUT2D eigenvalue weighted by Gasteiger charge is 2.29. The van der Waals surface area contributed by atoms with Gasteiger partial charge in [0.05, 0.1) is 23.1 Å². The summed E-state index contributed by atoms with van der Waals surface area (Å²) in [6.45, 7) is 1.44. The minimum absolute atomic E-state index is 0.0532.